The molecule has 2 aromatic carbocycles. The Hall–Kier alpha value is -3.71. The zero-order valence-electron chi connectivity index (χ0n) is 15.8. The van der Waals surface area contributed by atoms with E-state index in [1.165, 1.54) is 6.07 Å². The summed E-state index contributed by atoms with van der Waals surface area (Å²) in [6.45, 7) is 1.53. The van der Waals surface area contributed by atoms with Crippen molar-refractivity contribution in [3.05, 3.63) is 57.6 Å². The van der Waals surface area contributed by atoms with E-state index >= 15 is 0 Å². The summed E-state index contributed by atoms with van der Waals surface area (Å²) in [6.07, 6.45) is 0. The molecule has 0 amide bonds. The molecule has 3 rings (SSSR count). The molecule has 0 aliphatic carbocycles. The van der Waals surface area contributed by atoms with Gasteiger partial charge in [0.25, 0.3) is 15.7 Å². The van der Waals surface area contributed by atoms with Crippen molar-refractivity contribution in [2.45, 2.75) is 4.90 Å². The zero-order chi connectivity index (χ0) is 22.8. The molecule has 13 heteroatoms. The number of nitro groups is 1. The summed E-state index contributed by atoms with van der Waals surface area (Å²) < 4.78 is 32.7. The summed E-state index contributed by atoms with van der Waals surface area (Å²) in [6, 6.07) is 5.79. The van der Waals surface area contributed by atoms with E-state index in [1.807, 2.05) is 4.72 Å². The number of anilines is 2. The van der Waals surface area contributed by atoms with E-state index in [1.54, 1.807) is 4.90 Å². The lowest BCUT2D eigenvalue weighted by molar-refractivity contribution is -0.384. The third kappa shape index (κ3) is 4.90. The maximum Gasteiger partial charge on any atom is 0.293 e. The van der Waals surface area contributed by atoms with Crippen LogP contribution in [-0.4, -0.2) is 51.6 Å². The summed E-state index contributed by atoms with van der Waals surface area (Å²) in [5.74, 6) is -3.46. The Morgan fingerprint density at radius 2 is 1.58 bits per heavy atom. The number of carboxylic acid groups (broad SMARTS) is 2. The minimum atomic E-state index is -4.43. The van der Waals surface area contributed by atoms with Crippen molar-refractivity contribution in [2.75, 3.05) is 35.9 Å². The van der Waals surface area contributed by atoms with Gasteiger partial charge in [-0.3, -0.25) is 14.8 Å². The highest BCUT2D eigenvalue weighted by molar-refractivity contribution is 7.92. The number of carbonyl (C=O) groups is 2. The third-order valence-electron chi connectivity index (χ3n) is 4.46. The van der Waals surface area contributed by atoms with Crippen LogP contribution in [0.2, 0.25) is 0 Å². The van der Waals surface area contributed by atoms with Crippen molar-refractivity contribution in [3.63, 3.8) is 0 Å². The second kappa shape index (κ2) is 8.57. The number of rotatable bonds is 7. The number of nitrogens with zero attached hydrogens (tertiary/aromatic N) is 2. The summed E-state index contributed by atoms with van der Waals surface area (Å²) in [5, 5.41) is 33.7. The zero-order valence-corrected chi connectivity index (χ0v) is 16.6. The Balaban J connectivity index is 1.98. The molecule has 164 valence electrons. The van der Waals surface area contributed by atoms with E-state index in [2.05, 4.69) is 0 Å². The summed E-state index contributed by atoms with van der Waals surface area (Å²) in [5.41, 5.74) is -1.78. The molecule has 0 bridgehead atoms. The van der Waals surface area contributed by atoms with E-state index in [0.717, 1.165) is 30.3 Å². The smallest absolute Gasteiger partial charge is 0.293 e. The molecule has 0 aromatic heterocycles. The predicted octanol–water partition coefficient (Wildman–Crippen LogP) is -1.04. The number of nitro benzene ring substituents is 1. The largest absolute Gasteiger partial charge is 0.545 e. The van der Waals surface area contributed by atoms with E-state index < -0.39 is 48.6 Å². The van der Waals surface area contributed by atoms with Crippen LogP contribution in [0, 0.1) is 10.1 Å². The molecule has 0 saturated carbocycles. The van der Waals surface area contributed by atoms with Crippen LogP contribution in [0.25, 0.3) is 0 Å². The van der Waals surface area contributed by atoms with Crippen LogP contribution < -0.4 is 19.8 Å². The second-order valence-corrected chi connectivity index (χ2v) is 8.17. The van der Waals surface area contributed by atoms with Crippen LogP contribution in [-0.2, 0) is 14.8 Å². The Bertz CT molecular complexity index is 1130. The van der Waals surface area contributed by atoms with Gasteiger partial charge >= 0.3 is 0 Å². The molecule has 0 spiro atoms. The van der Waals surface area contributed by atoms with Crippen LogP contribution in [0.4, 0.5) is 17.1 Å². The average molecular weight is 449 g/mol. The lowest BCUT2D eigenvalue weighted by atomic mass is 10.1. The Kier molecular flexibility index (Phi) is 6.08. The van der Waals surface area contributed by atoms with E-state index in [9.17, 15) is 38.3 Å². The molecule has 1 N–H and O–H groups in total. The second-order valence-electron chi connectivity index (χ2n) is 6.49. The normalized spacial score (nSPS) is 14.1. The molecular formula is C18H15N3O9S-2. The lowest BCUT2D eigenvalue weighted by Crippen LogP contribution is -2.36. The highest BCUT2D eigenvalue weighted by Gasteiger charge is 2.25. The quantitative estimate of drug-likeness (QED) is 0.405. The standard InChI is InChI=1S/C18H17N3O9S/c22-17(23)11-7-12(18(24)25)9-13(8-11)19-31(28,29)14-1-2-15(16(10-14)21(26)27)20-3-5-30-6-4-20/h1-2,7-10,19H,3-6H2,(H,22,23)(H,24,25)/p-2. The van der Waals surface area contributed by atoms with Crippen molar-refractivity contribution in [1.29, 1.82) is 0 Å². The molecule has 1 aliphatic heterocycles. The molecule has 1 aliphatic rings. The van der Waals surface area contributed by atoms with Crippen molar-refractivity contribution in [3.8, 4) is 0 Å². The number of hydrogen-bond acceptors (Lipinski definition) is 10. The van der Waals surface area contributed by atoms with Gasteiger partial charge in [0.2, 0.25) is 0 Å². The van der Waals surface area contributed by atoms with E-state index in [-0.39, 0.29) is 11.4 Å². The van der Waals surface area contributed by atoms with Gasteiger partial charge in [0, 0.05) is 19.2 Å². The van der Waals surface area contributed by atoms with Gasteiger partial charge in [0.15, 0.2) is 0 Å². The fourth-order valence-corrected chi connectivity index (χ4v) is 4.08. The van der Waals surface area contributed by atoms with Crippen molar-refractivity contribution in [1.82, 2.24) is 0 Å². The highest BCUT2D eigenvalue weighted by Crippen LogP contribution is 2.32. The van der Waals surface area contributed by atoms with E-state index in [0.29, 0.717) is 26.3 Å². The monoisotopic (exact) mass is 449 g/mol. The number of carboxylic acids is 2. The predicted molar refractivity (Wildman–Crippen MR) is 102 cm³/mol. The van der Waals surface area contributed by atoms with Crippen molar-refractivity contribution in [2.24, 2.45) is 0 Å². The fraction of sp³-hybridized carbons (Fsp3) is 0.222. The summed E-state index contributed by atoms with van der Waals surface area (Å²) in [4.78, 5) is 34.2. The minimum absolute atomic E-state index is 0.227. The van der Waals surface area contributed by atoms with Gasteiger partial charge in [0.1, 0.15) is 5.69 Å². The fourth-order valence-electron chi connectivity index (χ4n) is 3.02. The number of sulfonamides is 1. The first kappa shape index (κ1) is 22.0. The lowest BCUT2D eigenvalue weighted by Gasteiger charge is -2.28. The van der Waals surface area contributed by atoms with Crippen LogP contribution in [0.5, 0.6) is 0 Å². The van der Waals surface area contributed by atoms with Gasteiger partial charge < -0.3 is 29.4 Å². The average Bonchev–Trinajstić information content (AvgIpc) is 2.73. The third-order valence-corrected chi connectivity index (χ3v) is 5.84. The van der Waals surface area contributed by atoms with Gasteiger partial charge in [-0.15, -0.1) is 0 Å². The van der Waals surface area contributed by atoms with Gasteiger partial charge in [0.05, 0.1) is 40.7 Å². The summed E-state index contributed by atoms with van der Waals surface area (Å²) >= 11 is 0. The molecule has 12 nitrogen and oxygen atoms in total. The van der Waals surface area contributed by atoms with Crippen molar-refractivity contribution < 1.29 is 37.9 Å². The number of benzene rings is 2. The number of carbonyl (C=O) groups excluding carboxylic acids is 2. The molecule has 0 unspecified atom stereocenters. The SMILES string of the molecule is O=C([O-])c1cc(NS(=O)(=O)c2ccc(N3CCOCC3)c([N+](=O)[O-])c2)cc(C(=O)[O-])c1. The first-order chi connectivity index (χ1) is 14.6. The van der Waals surface area contributed by atoms with Gasteiger partial charge in [-0.1, -0.05) is 0 Å². The van der Waals surface area contributed by atoms with Crippen LogP contribution in [0.3, 0.4) is 0 Å². The molecule has 1 saturated heterocycles. The Labute approximate surface area is 175 Å². The number of hydrogen-bond donors (Lipinski definition) is 1. The number of aromatic carboxylic acids is 2. The maximum absolute atomic E-state index is 12.7. The summed E-state index contributed by atoms with van der Waals surface area (Å²) in [7, 11) is -4.43. The molecule has 0 radical (unpaired) electrons. The van der Waals surface area contributed by atoms with Crippen LogP contribution >= 0.6 is 0 Å². The Morgan fingerprint density at radius 3 is 2.10 bits per heavy atom. The Morgan fingerprint density at radius 1 is 1.00 bits per heavy atom. The number of nitrogens with one attached hydrogen (secondary N) is 1. The van der Waals surface area contributed by atoms with Crippen molar-refractivity contribution >= 4 is 39.0 Å². The van der Waals surface area contributed by atoms with Gasteiger partial charge in [-0.25, -0.2) is 8.42 Å². The first-order valence-electron chi connectivity index (χ1n) is 8.80. The molecule has 1 fully saturated rings. The molecule has 1 heterocycles. The number of morpholine rings is 1. The van der Waals surface area contributed by atoms with Crippen LogP contribution in [0.15, 0.2) is 41.3 Å². The topological polar surface area (TPSA) is 182 Å². The van der Waals surface area contributed by atoms with E-state index in [4.69, 9.17) is 4.74 Å². The van der Waals surface area contributed by atoms with Gasteiger partial charge in [-0.2, -0.15) is 0 Å². The molecule has 0 atom stereocenters. The molecular weight excluding hydrogens is 434 g/mol. The molecule has 31 heavy (non-hydrogen) atoms. The van der Waals surface area contributed by atoms with Gasteiger partial charge in [-0.05, 0) is 41.5 Å². The number of ether oxygens (including phenoxy) is 1. The van der Waals surface area contributed by atoms with Crippen LogP contribution in [0.1, 0.15) is 20.7 Å². The highest BCUT2D eigenvalue weighted by atomic mass is 32.2. The maximum atomic E-state index is 12.7. The first-order valence-corrected chi connectivity index (χ1v) is 10.3. The molecule has 2 aromatic rings. The minimum Gasteiger partial charge on any atom is -0.545 e.